The Hall–Kier alpha value is -2.11. The second-order valence-electron chi connectivity index (χ2n) is 4.53. The van der Waals surface area contributed by atoms with E-state index in [1.54, 1.807) is 13.4 Å². The van der Waals surface area contributed by atoms with Crippen molar-refractivity contribution in [2.24, 2.45) is 14.1 Å². The van der Waals surface area contributed by atoms with Crippen molar-refractivity contribution in [3.8, 4) is 0 Å². The van der Waals surface area contributed by atoms with Crippen molar-refractivity contribution in [2.45, 2.75) is 26.3 Å². The summed E-state index contributed by atoms with van der Waals surface area (Å²) in [4.78, 5) is 28.1. The number of nitrogens with zero attached hydrogens (tertiary/aromatic N) is 4. The van der Waals surface area contributed by atoms with Crippen LogP contribution in [0.5, 0.6) is 0 Å². The zero-order valence-electron chi connectivity index (χ0n) is 11.5. The molecule has 102 valence electrons. The van der Waals surface area contributed by atoms with Crippen molar-refractivity contribution in [1.82, 2.24) is 18.7 Å². The van der Waals surface area contributed by atoms with Gasteiger partial charge in [0.2, 0.25) is 0 Å². The molecule has 6 nitrogen and oxygen atoms in total. The summed E-state index contributed by atoms with van der Waals surface area (Å²) >= 11 is 0. The second kappa shape index (κ2) is 5.26. The fourth-order valence-corrected chi connectivity index (χ4v) is 2.11. The number of aryl methyl sites for hydroxylation is 2. The number of unbranched alkanes of at least 4 members (excludes halogenated alkanes) is 1. The summed E-state index contributed by atoms with van der Waals surface area (Å²) in [7, 11) is 3.11. The summed E-state index contributed by atoms with van der Waals surface area (Å²) in [6.45, 7) is 2.70. The SMILES string of the molecule is CC=CCCCn1cnc2c1c(=O)n(C)c(=O)n2C. The molecule has 0 unspecified atom stereocenters. The third-order valence-corrected chi connectivity index (χ3v) is 3.22. The highest BCUT2D eigenvalue weighted by Crippen LogP contribution is 2.07. The van der Waals surface area contributed by atoms with E-state index in [-0.39, 0.29) is 11.2 Å². The average molecular weight is 262 g/mol. The van der Waals surface area contributed by atoms with Gasteiger partial charge in [0.05, 0.1) is 6.33 Å². The van der Waals surface area contributed by atoms with Crippen molar-refractivity contribution in [2.75, 3.05) is 0 Å². The Morgan fingerprint density at radius 1 is 1.26 bits per heavy atom. The van der Waals surface area contributed by atoms with Crippen molar-refractivity contribution >= 4 is 11.2 Å². The van der Waals surface area contributed by atoms with E-state index in [0.717, 1.165) is 17.4 Å². The van der Waals surface area contributed by atoms with Gasteiger partial charge < -0.3 is 4.57 Å². The van der Waals surface area contributed by atoms with E-state index in [2.05, 4.69) is 11.1 Å². The van der Waals surface area contributed by atoms with Gasteiger partial charge in [-0.3, -0.25) is 13.9 Å². The van der Waals surface area contributed by atoms with Crippen LogP contribution in [0.1, 0.15) is 19.8 Å². The van der Waals surface area contributed by atoms with E-state index in [9.17, 15) is 9.59 Å². The Bertz CT molecular complexity index is 733. The highest BCUT2D eigenvalue weighted by Gasteiger charge is 2.13. The molecule has 0 N–H and O–H groups in total. The Morgan fingerprint density at radius 2 is 2.00 bits per heavy atom. The first-order chi connectivity index (χ1) is 9.07. The first kappa shape index (κ1) is 13.3. The summed E-state index contributed by atoms with van der Waals surface area (Å²) in [5, 5.41) is 0. The van der Waals surface area contributed by atoms with Crippen molar-refractivity contribution in [3.63, 3.8) is 0 Å². The molecule has 0 amide bonds. The molecule has 2 rings (SSSR count). The van der Waals surface area contributed by atoms with Crippen molar-refractivity contribution < 1.29 is 0 Å². The van der Waals surface area contributed by atoms with Gasteiger partial charge in [-0.2, -0.15) is 0 Å². The monoisotopic (exact) mass is 262 g/mol. The first-order valence-corrected chi connectivity index (χ1v) is 6.30. The highest BCUT2D eigenvalue weighted by molar-refractivity contribution is 5.69. The molecule has 0 saturated carbocycles. The number of rotatable bonds is 4. The quantitative estimate of drug-likeness (QED) is 0.604. The number of fused-ring (bicyclic) bond motifs is 1. The summed E-state index contributed by atoms with van der Waals surface area (Å²) in [6, 6.07) is 0. The Balaban J connectivity index is 2.48. The molecule has 19 heavy (non-hydrogen) atoms. The fraction of sp³-hybridized carbons (Fsp3) is 0.462. The molecule has 2 aromatic heterocycles. The average Bonchev–Trinajstić information content (AvgIpc) is 2.83. The Kier molecular flexibility index (Phi) is 3.69. The maximum atomic E-state index is 12.1. The smallest absolute Gasteiger partial charge is 0.325 e. The molecule has 2 heterocycles. The second-order valence-corrected chi connectivity index (χ2v) is 4.53. The molecule has 0 spiro atoms. The van der Waals surface area contributed by atoms with Gasteiger partial charge in [-0.25, -0.2) is 9.78 Å². The van der Waals surface area contributed by atoms with Crippen LogP contribution in [-0.2, 0) is 20.6 Å². The van der Waals surface area contributed by atoms with E-state index < -0.39 is 0 Å². The first-order valence-electron chi connectivity index (χ1n) is 6.30. The van der Waals surface area contributed by atoms with E-state index >= 15 is 0 Å². The third kappa shape index (κ3) is 2.25. The van der Waals surface area contributed by atoms with Gasteiger partial charge in [0, 0.05) is 20.6 Å². The zero-order chi connectivity index (χ0) is 14.0. The predicted octanol–water partition coefficient (Wildman–Crippen LogP) is 0.790. The van der Waals surface area contributed by atoms with Gasteiger partial charge in [0.15, 0.2) is 11.2 Å². The van der Waals surface area contributed by atoms with Gasteiger partial charge in [0.25, 0.3) is 5.56 Å². The van der Waals surface area contributed by atoms with E-state index in [0.29, 0.717) is 17.7 Å². The number of aromatic nitrogens is 4. The zero-order valence-corrected chi connectivity index (χ0v) is 11.5. The van der Waals surface area contributed by atoms with E-state index in [4.69, 9.17) is 0 Å². The van der Waals surface area contributed by atoms with Crippen LogP contribution in [0.15, 0.2) is 28.1 Å². The number of imidazole rings is 1. The Labute approximate surface area is 110 Å². The molecule has 6 heteroatoms. The standard InChI is InChI=1S/C13H18N4O2/c1-4-5-6-7-8-17-9-14-11-10(17)12(18)16(3)13(19)15(11)2/h4-5,9H,6-8H2,1-3H3. The van der Waals surface area contributed by atoms with Gasteiger partial charge in [-0.15, -0.1) is 0 Å². The number of allylic oxidation sites excluding steroid dienone is 2. The molecular weight excluding hydrogens is 244 g/mol. The molecule has 0 saturated heterocycles. The summed E-state index contributed by atoms with van der Waals surface area (Å²) in [5.74, 6) is 0. The minimum Gasteiger partial charge on any atom is -0.325 e. The third-order valence-electron chi connectivity index (χ3n) is 3.22. The lowest BCUT2D eigenvalue weighted by Gasteiger charge is -2.05. The van der Waals surface area contributed by atoms with Crippen molar-refractivity contribution in [1.29, 1.82) is 0 Å². The lowest BCUT2D eigenvalue weighted by Crippen LogP contribution is -2.37. The highest BCUT2D eigenvalue weighted by atomic mass is 16.2. The maximum Gasteiger partial charge on any atom is 0.332 e. The van der Waals surface area contributed by atoms with Crippen LogP contribution < -0.4 is 11.2 Å². The van der Waals surface area contributed by atoms with E-state index in [1.807, 2.05) is 17.6 Å². The lowest BCUT2D eigenvalue weighted by atomic mass is 10.3. The summed E-state index contributed by atoms with van der Waals surface area (Å²) in [5.41, 5.74) is 0.294. The topological polar surface area (TPSA) is 61.8 Å². The lowest BCUT2D eigenvalue weighted by molar-refractivity contribution is 0.654. The molecule has 0 aliphatic heterocycles. The molecule has 0 aliphatic rings. The minimum absolute atomic E-state index is 0.290. The fourth-order valence-electron chi connectivity index (χ4n) is 2.11. The predicted molar refractivity (Wildman–Crippen MR) is 74.3 cm³/mol. The van der Waals surface area contributed by atoms with Crippen LogP contribution in [-0.4, -0.2) is 18.7 Å². The van der Waals surface area contributed by atoms with Gasteiger partial charge in [0.1, 0.15) is 0 Å². The number of hydrogen-bond acceptors (Lipinski definition) is 3. The molecular formula is C13H18N4O2. The molecule has 0 atom stereocenters. The molecule has 0 radical (unpaired) electrons. The van der Waals surface area contributed by atoms with Crippen molar-refractivity contribution in [3.05, 3.63) is 39.3 Å². The van der Waals surface area contributed by atoms with Gasteiger partial charge >= 0.3 is 5.69 Å². The molecule has 0 aromatic carbocycles. The normalized spacial score (nSPS) is 11.7. The van der Waals surface area contributed by atoms with E-state index in [1.165, 1.54) is 11.6 Å². The number of hydrogen-bond donors (Lipinski definition) is 0. The summed E-state index contributed by atoms with van der Waals surface area (Å²) < 4.78 is 4.34. The van der Waals surface area contributed by atoms with Crippen LogP contribution in [0.25, 0.3) is 11.2 Å². The molecule has 2 aromatic rings. The minimum atomic E-state index is -0.350. The molecule has 0 aliphatic carbocycles. The largest absolute Gasteiger partial charge is 0.332 e. The van der Waals surface area contributed by atoms with Crippen LogP contribution in [0, 0.1) is 0 Å². The van der Waals surface area contributed by atoms with Crippen LogP contribution >= 0.6 is 0 Å². The Morgan fingerprint density at radius 3 is 2.68 bits per heavy atom. The van der Waals surface area contributed by atoms with Crippen LogP contribution in [0.4, 0.5) is 0 Å². The van der Waals surface area contributed by atoms with Gasteiger partial charge in [-0.05, 0) is 19.8 Å². The van der Waals surface area contributed by atoms with Crippen LogP contribution in [0.2, 0.25) is 0 Å². The molecule has 0 fully saturated rings. The summed E-state index contributed by atoms with van der Waals surface area (Å²) in [6.07, 6.45) is 7.62. The molecule has 0 bridgehead atoms. The maximum absolute atomic E-state index is 12.1. The van der Waals surface area contributed by atoms with Gasteiger partial charge in [-0.1, -0.05) is 12.2 Å². The van der Waals surface area contributed by atoms with Crippen LogP contribution in [0.3, 0.4) is 0 Å².